The molecule has 4 heteroatoms. The zero-order valence-electron chi connectivity index (χ0n) is 34.7. The average Bonchev–Trinajstić information content (AvgIpc) is 4.12. The minimum atomic E-state index is 0.876. The maximum absolute atomic E-state index is 6.66. The quantitative estimate of drug-likeness (QED) is 0.150. The van der Waals surface area contributed by atoms with Gasteiger partial charge in [0, 0.05) is 49.1 Å². The molecule has 300 valence electrons. The minimum absolute atomic E-state index is 0.876. The van der Waals surface area contributed by atoms with Gasteiger partial charge in [-0.25, -0.2) is 0 Å². The van der Waals surface area contributed by atoms with E-state index in [0.717, 1.165) is 111 Å². The fraction of sp³-hybridized carbons (Fsp3) is 0. The summed E-state index contributed by atoms with van der Waals surface area (Å²) in [5.41, 5.74) is 16.9. The molecule has 0 aliphatic carbocycles. The van der Waals surface area contributed by atoms with Crippen molar-refractivity contribution in [1.29, 1.82) is 0 Å². The van der Waals surface area contributed by atoms with E-state index in [2.05, 4.69) is 204 Å². The predicted octanol–water partition coefficient (Wildman–Crippen LogP) is 16.7. The third-order valence-corrected chi connectivity index (χ3v) is 12.9. The first-order chi connectivity index (χ1) is 31.7. The van der Waals surface area contributed by atoms with Crippen molar-refractivity contribution in [2.24, 2.45) is 0 Å². The summed E-state index contributed by atoms with van der Waals surface area (Å²) in [6, 6.07) is 71.8. The van der Waals surface area contributed by atoms with E-state index in [1.807, 2.05) is 30.4 Å². The number of aromatic nitrogens is 2. The van der Waals surface area contributed by atoms with Crippen molar-refractivity contribution in [1.82, 2.24) is 9.13 Å². The highest BCUT2D eigenvalue weighted by Crippen LogP contribution is 2.44. The second-order valence-electron chi connectivity index (χ2n) is 16.5. The summed E-state index contributed by atoms with van der Waals surface area (Å²) in [7, 11) is 0. The van der Waals surface area contributed by atoms with Crippen LogP contribution in [-0.2, 0) is 0 Å². The molecular weight excluding hydrogens is 781 g/mol. The number of hydrogen-bond acceptors (Lipinski definition) is 2. The first kappa shape index (κ1) is 36.1. The van der Waals surface area contributed by atoms with Crippen LogP contribution in [0.1, 0.15) is 5.69 Å². The van der Waals surface area contributed by atoms with Gasteiger partial charge in [0.05, 0.1) is 22.2 Å². The molecular formula is C60H38N2O2. The van der Waals surface area contributed by atoms with Gasteiger partial charge in [-0.15, -0.1) is 0 Å². The SMILES string of the molecule is C=C/C=C\c1cc2c(-c3cc(-c4ccc5oc6ccccc6c5c4)cc(-c4cccc5c4c4ccccc4n5-c4cccc5c4oc4ccccc45)c3)cccc2n1-c1ccccc1. The number of allylic oxidation sites excluding steroid dienone is 2. The maximum Gasteiger partial charge on any atom is 0.159 e. The monoisotopic (exact) mass is 818 g/mol. The fourth-order valence-corrected chi connectivity index (χ4v) is 10.1. The van der Waals surface area contributed by atoms with Crippen molar-refractivity contribution in [2.75, 3.05) is 0 Å². The number of hydrogen-bond donors (Lipinski definition) is 0. The molecule has 0 unspecified atom stereocenters. The topological polar surface area (TPSA) is 36.1 Å². The summed E-state index contributed by atoms with van der Waals surface area (Å²) < 4.78 is 17.7. The molecule has 0 fully saturated rings. The summed E-state index contributed by atoms with van der Waals surface area (Å²) in [5.74, 6) is 0. The number of rotatable bonds is 7. The summed E-state index contributed by atoms with van der Waals surface area (Å²) in [4.78, 5) is 0. The maximum atomic E-state index is 6.66. The molecule has 0 aliphatic heterocycles. The van der Waals surface area contributed by atoms with Crippen molar-refractivity contribution in [3.05, 3.63) is 225 Å². The molecule has 4 aromatic heterocycles. The molecule has 0 N–H and O–H groups in total. The van der Waals surface area contributed by atoms with Gasteiger partial charge in [-0.3, -0.25) is 0 Å². The Morgan fingerprint density at radius 3 is 1.83 bits per heavy atom. The Morgan fingerprint density at radius 2 is 1.00 bits per heavy atom. The molecule has 0 saturated heterocycles. The number of nitrogens with zero attached hydrogens (tertiary/aromatic N) is 2. The minimum Gasteiger partial charge on any atom is -0.456 e. The standard InChI is InChI=1S/C60H38N2O2/c1-2-3-16-43-37-50-44(22-13-26-53(50)61(43)42-17-5-4-6-18-42)40-33-39(38-31-32-58-51(36-38)47-20-9-11-29-56(47)63-58)34-41(35-40)45-23-14-27-54-59(45)49-21-7-10-25-52(49)62(54)55-28-15-24-48-46-19-8-12-30-57(46)64-60(48)55/h2-37H,1H2/b16-3-. The molecule has 0 saturated carbocycles. The van der Waals surface area contributed by atoms with Crippen LogP contribution in [0.2, 0.25) is 0 Å². The molecule has 0 aliphatic rings. The van der Waals surface area contributed by atoms with Gasteiger partial charge in [-0.05, 0) is 124 Å². The fourth-order valence-electron chi connectivity index (χ4n) is 10.1. The molecule has 4 heterocycles. The van der Waals surface area contributed by atoms with Gasteiger partial charge in [0.2, 0.25) is 0 Å². The average molecular weight is 819 g/mol. The lowest BCUT2D eigenvalue weighted by molar-refractivity contribution is 0.666. The van der Waals surface area contributed by atoms with Crippen molar-refractivity contribution >= 4 is 82.7 Å². The normalized spacial score (nSPS) is 12.1. The van der Waals surface area contributed by atoms with Crippen LogP contribution in [0.25, 0.3) is 127 Å². The van der Waals surface area contributed by atoms with Gasteiger partial charge < -0.3 is 18.0 Å². The van der Waals surface area contributed by atoms with Crippen LogP contribution in [0, 0.1) is 0 Å². The smallest absolute Gasteiger partial charge is 0.159 e. The van der Waals surface area contributed by atoms with Gasteiger partial charge in [0.25, 0.3) is 0 Å². The second-order valence-corrected chi connectivity index (χ2v) is 16.5. The van der Waals surface area contributed by atoms with Crippen molar-refractivity contribution < 1.29 is 8.83 Å². The second kappa shape index (κ2) is 14.2. The Bertz CT molecular complexity index is 4040. The summed E-state index contributed by atoms with van der Waals surface area (Å²) >= 11 is 0. The molecule has 0 radical (unpaired) electrons. The summed E-state index contributed by atoms with van der Waals surface area (Å²) in [5, 5.41) is 7.97. The number of fused-ring (bicyclic) bond motifs is 10. The van der Waals surface area contributed by atoms with Crippen molar-refractivity contribution in [3.8, 4) is 44.8 Å². The molecule has 13 rings (SSSR count). The van der Waals surface area contributed by atoms with E-state index in [1.165, 1.54) is 16.2 Å². The summed E-state index contributed by atoms with van der Waals surface area (Å²) in [6.45, 7) is 3.98. The predicted molar refractivity (Wildman–Crippen MR) is 268 cm³/mol. The van der Waals surface area contributed by atoms with E-state index in [-0.39, 0.29) is 0 Å². The van der Waals surface area contributed by atoms with Gasteiger partial charge in [-0.2, -0.15) is 0 Å². The lowest BCUT2D eigenvalue weighted by atomic mass is 9.90. The third-order valence-electron chi connectivity index (χ3n) is 12.9. The molecule has 64 heavy (non-hydrogen) atoms. The van der Waals surface area contributed by atoms with E-state index in [1.54, 1.807) is 0 Å². The molecule has 0 amide bonds. The Balaban J connectivity index is 1.09. The van der Waals surface area contributed by atoms with E-state index < -0.39 is 0 Å². The Morgan fingerprint density at radius 1 is 0.391 bits per heavy atom. The third kappa shape index (κ3) is 5.49. The lowest BCUT2D eigenvalue weighted by Gasteiger charge is -2.14. The first-order valence-corrected chi connectivity index (χ1v) is 21.7. The molecule has 0 bridgehead atoms. The number of para-hydroxylation sites is 5. The molecule has 0 spiro atoms. The van der Waals surface area contributed by atoms with E-state index >= 15 is 0 Å². The zero-order valence-corrected chi connectivity index (χ0v) is 34.7. The van der Waals surface area contributed by atoms with E-state index in [4.69, 9.17) is 8.83 Å². The molecule has 9 aromatic carbocycles. The Hall–Kier alpha value is -8.60. The van der Waals surface area contributed by atoms with Crippen LogP contribution in [0.5, 0.6) is 0 Å². The van der Waals surface area contributed by atoms with Gasteiger partial charge in [0.1, 0.15) is 16.7 Å². The largest absolute Gasteiger partial charge is 0.456 e. The molecule has 4 nitrogen and oxygen atoms in total. The Kier molecular flexibility index (Phi) is 8.03. The highest BCUT2D eigenvalue weighted by atomic mass is 16.3. The summed E-state index contributed by atoms with van der Waals surface area (Å²) in [6.07, 6.45) is 5.98. The first-order valence-electron chi connectivity index (χ1n) is 21.7. The van der Waals surface area contributed by atoms with E-state index in [9.17, 15) is 0 Å². The zero-order chi connectivity index (χ0) is 42.3. The van der Waals surface area contributed by atoms with Crippen LogP contribution < -0.4 is 0 Å². The highest BCUT2D eigenvalue weighted by molar-refractivity contribution is 6.18. The van der Waals surface area contributed by atoms with Crippen LogP contribution in [0.3, 0.4) is 0 Å². The van der Waals surface area contributed by atoms with Crippen molar-refractivity contribution in [2.45, 2.75) is 0 Å². The lowest BCUT2D eigenvalue weighted by Crippen LogP contribution is -1.95. The van der Waals surface area contributed by atoms with Crippen molar-refractivity contribution in [3.63, 3.8) is 0 Å². The Labute approximate surface area is 368 Å². The van der Waals surface area contributed by atoms with Gasteiger partial charge in [-0.1, -0.05) is 134 Å². The van der Waals surface area contributed by atoms with E-state index in [0.29, 0.717) is 0 Å². The molecule has 0 atom stereocenters. The van der Waals surface area contributed by atoms with Gasteiger partial charge in [0.15, 0.2) is 5.58 Å². The van der Waals surface area contributed by atoms with Crippen LogP contribution >= 0.6 is 0 Å². The number of furan rings is 2. The number of benzene rings is 9. The van der Waals surface area contributed by atoms with Gasteiger partial charge >= 0.3 is 0 Å². The van der Waals surface area contributed by atoms with Crippen LogP contribution in [0.15, 0.2) is 228 Å². The van der Waals surface area contributed by atoms with Crippen LogP contribution in [0.4, 0.5) is 0 Å². The highest BCUT2D eigenvalue weighted by Gasteiger charge is 2.21. The van der Waals surface area contributed by atoms with Crippen LogP contribution in [-0.4, -0.2) is 9.13 Å². The molecule has 13 aromatic rings.